The maximum Gasteiger partial charge on any atom is 0.500 e. The molecule has 5 nitrogen and oxygen atoms in total. The Kier molecular flexibility index (Phi) is 6.92. The summed E-state index contributed by atoms with van der Waals surface area (Å²) in [5.41, 5.74) is -0.254. The fraction of sp³-hybridized carbons (Fsp3) is 0.909. The minimum absolute atomic E-state index is 0.0226. The molecule has 0 saturated heterocycles. The van der Waals surface area contributed by atoms with Gasteiger partial charge in [-0.3, -0.25) is 4.79 Å². The predicted molar refractivity (Wildman–Crippen MR) is 68.7 cm³/mol. The Labute approximate surface area is 105 Å². The number of rotatable bonds is 7. The molecule has 0 rings (SSSR count). The summed E-state index contributed by atoms with van der Waals surface area (Å²) in [7, 11) is 0.483. The van der Waals surface area contributed by atoms with Crippen LogP contribution >= 0.6 is 0 Å². The summed E-state index contributed by atoms with van der Waals surface area (Å²) in [6.07, 6.45) is 0.898. The third-order valence-electron chi connectivity index (χ3n) is 2.12. The van der Waals surface area contributed by atoms with Crippen molar-refractivity contribution in [3.63, 3.8) is 0 Å². The number of nitrogens with one attached hydrogen (secondary N) is 1. The number of amides is 1. The van der Waals surface area contributed by atoms with E-state index in [4.69, 9.17) is 13.3 Å². The van der Waals surface area contributed by atoms with Crippen LogP contribution in [0.4, 0.5) is 0 Å². The molecule has 0 aliphatic carbocycles. The van der Waals surface area contributed by atoms with Crippen molar-refractivity contribution in [3.05, 3.63) is 0 Å². The van der Waals surface area contributed by atoms with E-state index in [0.29, 0.717) is 6.04 Å². The van der Waals surface area contributed by atoms with Gasteiger partial charge in [-0.2, -0.15) is 0 Å². The van der Waals surface area contributed by atoms with Crippen LogP contribution in [-0.2, 0) is 18.1 Å². The minimum atomic E-state index is -2.64. The highest BCUT2D eigenvalue weighted by molar-refractivity contribution is 6.60. The lowest BCUT2D eigenvalue weighted by Gasteiger charge is -2.27. The van der Waals surface area contributed by atoms with Crippen LogP contribution in [0.5, 0.6) is 0 Å². The van der Waals surface area contributed by atoms with Crippen LogP contribution in [-0.4, -0.2) is 41.1 Å². The lowest BCUT2D eigenvalue weighted by Crippen LogP contribution is -2.48. The van der Waals surface area contributed by atoms with Crippen LogP contribution in [0, 0.1) is 0 Å². The lowest BCUT2D eigenvalue weighted by atomic mass is 10.1. The van der Waals surface area contributed by atoms with Gasteiger partial charge in [-0.25, -0.2) is 0 Å². The van der Waals surface area contributed by atoms with Gasteiger partial charge >= 0.3 is 8.80 Å². The summed E-state index contributed by atoms with van der Waals surface area (Å²) in [6, 6.07) is 0.711. The molecular formula is C11H25NO4Si. The van der Waals surface area contributed by atoms with Gasteiger partial charge < -0.3 is 18.6 Å². The Bertz CT molecular complexity index is 236. The SMILES string of the molecule is CCC[Si](OC)(OC)OCC(=O)NC(C)(C)C. The summed E-state index contributed by atoms with van der Waals surface area (Å²) in [6.45, 7) is 7.78. The molecule has 102 valence electrons. The highest BCUT2D eigenvalue weighted by Crippen LogP contribution is 2.15. The molecule has 0 aromatic carbocycles. The van der Waals surface area contributed by atoms with Gasteiger partial charge in [0.2, 0.25) is 5.91 Å². The van der Waals surface area contributed by atoms with E-state index in [9.17, 15) is 4.79 Å². The first kappa shape index (κ1) is 16.6. The summed E-state index contributed by atoms with van der Waals surface area (Å²) in [4.78, 5) is 11.6. The van der Waals surface area contributed by atoms with Crippen molar-refractivity contribution >= 4 is 14.7 Å². The smallest absolute Gasteiger partial charge is 0.377 e. The van der Waals surface area contributed by atoms with E-state index in [2.05, 4.69) is 5.32 Å². The molecule has 0 aromatic rings. The van der Waals surface area contributed by atoms with E-state index in [1.165, 1.54) is 0 Å². The maximum absolute atomic E-state index is 11.6. The Balaban J connectivity index is 4.26. The average Bonchev–Trinajstić information content (AvgIpc) is 2.22. The molecule has 17 heavy (non-hydrogen) atoms. The van der Waals surface area contributed by atoms with E-state index in [0.717, 1.165) is 6.42 Å². The number of hydrogen-bond acceptors (Lipinski definition) is 4. The molecule has 0 spiro atoms. The largest absolute Gasteiger partial charge is 0.500 e. The van der Waals surface area contributed by atoms with Crippen LogP contribution in [0.1, 0.15) is 34.1 Å². The van der Waals surface area contributed by atoms with Crippen LogP contribution in [0.25, 0.3) is 0 Å². The second-order valence-electron chi connectivity index (χ2n) is 4.93. The number of hydrogen-bond donors (Lipinski definition) is 1. The summed E-state index contributed by atoms with van der Waals surface area (Å²) in [5.74, 6) is -0.153. The maximum atomic E-state index is 11.6. The topological polar surface area (TPSA) is 56.8 Å². The van der Waals surface area contributed by atoms with Gasteiger partial charge in [-0.05, 0) is 20.8 Å². The van der Waals surface area contributed by atoms with Crippen LogP contribution in [0.2, 0.25) is 6.04 Å². The summed E-state index contributed by atoms with van der Waals surface area (Å²) >= 11 is 0. The predicted octanol–water partition coefficient (Wildman–Crippen LogP) is 1.56. The molecule has 0 atom stereocenters. The molecule has 1 amide bonds. The van der Waals surface area contributed by atoms with E-state index >= 15 is 0 Å². The minimum Gasteiger partial charge on any atom is -0.377 e. The molecule has 0 unspecified atom stereocenters. The molecule has 0 radical (unpaired) electrons. The van der Waals surface area contributed by atoms with E-state index in [1.807, 2.05) is 27.7 Å². The normalized spacial score (nSPS) is 12.6. The number of carbonyl (C=O) groups excluding carboxylic acids is 1. The third kappa shape index (κ3) is 6.77. The van der Waals surface area contributed by atoms with E-state index < -0.39 is 8.80 Å². The Morgan fingerprint density at radius 1 is 1.24 bits per heavy atom. The van der Waals surface area contributed by atoms with Crippen molar-refractivity contribution < 1.29 is 18.1 Å². The molecule has 0 bridgehead atoms. The number of carbonyl (C=O) groups is 1. The summed E-state index contributed by atoms with van der Waals surface area (Å²) < 4.78 is 16.2. The van der Waals surface area contributed by atoms with E-state index in [-0.39, 0.29) is 18.1 Å². The van der Waals surface area contributed by atoms with Gasteiger partial charge in [-0.15, -0.1) is 0 Å². The zero-order chi connectivity index (χ0) is 13.5. The van der Waals surface area contributed by atoms with Crippen molar-refractivity contribution in [2.24, 2.45) is 0 Å². The molecule has 0 heterocycles. The summed E-state index contributed by atoms with van der Waals surface area (Å²) in [5, 5.41) is 2.83. The standard InChI is InChI=1S/C11H25NO4Si/c1-7-8-17(14-5,15-6)16-9-10(13)12-11(2,3)4/h7-9H2,1-6H3,(H,12,13). The Hall–Kier alpha value is -0.433. The Morgan fingerprint density at radius 3 is 2.12 bits per heavy atom. The quantitative estimate of drug-likeness (QED) is 0.708. The highest BCUT2D eigenvalue weighted by atomic mass is 28.4. The zero-order valence-electron chi connectivity index (χ0n) is 11.8. The molecule has 0 aliphatic heterocycles. The van der Waals surface area contributed by atoms with Crippen LogP contribution in [0.15, 0.2) is 0 Å². The molecule has 0 aromatic heterocycles. The van der Waals surface area contributed by atoms with Crippen molar-refractivity contribution in [3.8, 4) is 0 Å². The first-order valence-electron chi connectivity index (χ1n) is 5.84. The van der Waals surface area contributed by atoms with Crippen LogP contribution in [0.3, 0.4) is 0 Å². The average molecular weight is 263 g/mol. The van der Waals surface area contributed by atoms with Crippen LogP contribution < -0.4 is 5.32 Å². The van der Waals surface area contributed by atoms with Crippen molar-refractivity contribution in [2.45, 2.75) is 45.7 Å². The second-order valence-corrected chi connectivity index (χ2v) is 7.90. The fourth-order valence-electron chi connectivity index (χ4n) is 1.41. The van der Waals surface area contributed by atoms with Crippen molar-refractivity contribution in [1.29, 1.82) is 0 Å². The van der Waals surface area contributed by atoms with Gasteiger partial charge in [0, 0.05) is 25.8 Å². The van der Waals surface area contributed by atoms with E-state index in [1.54, 1.807) is 14.2 Å². The molecular weight excluding hydrogens is 238 g/mol. The third-order valence-corrected chi connectivity index (χ3v) is 5.06. The second kappa shape index (κ2) is 7.10. The highest BCUT2D eigenvalue weighted by Gasteiger charge is 2.38. The molecule has 0 fully saturated rings. The van der Waals surface area contributed by atoms with Gasteiger partial charge in [0.25, 0.3) is 0 Å². The molecule has 1 N–H and O–H groups in total. The first-order chi connectivity index (χ1) is 7.78. The molecule has 0 saturated carbocycles. The monoisotopic (exact) mass is 263 g/mol. The Morgan fingerprint density at radius 2 is 1.76 bits per heavy atom. The van der Waals surface area contributed by atoms with Crippen molar-refractivity contribution in [1.82, 2.24) is 5.32 Å². The fourth-order valence-corrected chi connectivity index (χ4v) is 3.33. The molecule has 6 heteroatoms. The first-order valence-corrected chi connectivity index (χ1v) is 7.77. The van der Waals surface area contributed by atoms with Gasteiger partial charge in [-0.1, -0.05) is 13.3 Å². The van der Waals surface area contributed by atoms with Gasteiger partial charge in [0.05, 0.1) is 0 Å². The van der Waals surface area contributed by atoms with Gasteiger partial charge in [0.15, 0.2) is 0 Å². The lowest BCUT2D eigenvalue weighted by molar-refractivity contribution is -0.125. The van der Waals surface area contributed by atoms with Crippen molar-refractivity contribution in [2.75, 3.05) is 20.8 Å². The van der Waals surface area contributed by atoms with Gasteiger partial charge in [0.1, 0.15) is 6.61 Å². The molecule has 0 aliphatic rings. The zero-order valence-corrected chi connectivity index (χ0v) is 12.8.